The molecule has 1 heterocycles. The molecule has 1 amide bonds. The number of benzene rings is 1. The van der Waals surface area contributed by atoms with Crippen molar-refractivity contribution in [2.45, 2.75) is 31.7 Å². The lowest BCUT2D eigenvalue weighted by Crippen LogP contribution is -2.42. The highest BCUT2D eigenvalue weighted by Crippen LogP contribution is 2.25. The number of carbonyl (C=O) groups excluding carboxylic acids is 1. The molecule has 1 aromatic rings. The molecule has 2 rings (SSSR count). The molecule has 1 fully saturated rings. The van der Waals surface area contributed by atoms with Gasteiger partial charge >= 0.3 is 6.36 Å². The number of anilines is 1. The number of nitrogens with two attached hydrogens (primary N) is 1. The molecule has 1 atom stereocenters. The molecular weight excluding hydrogens is 313 g/mol. The fraction of sp³-hybridized carbons (Fsp3) is 0.429. The van der Waals surface area contributed by atoms with Gasteiger partial charge in [0.25, 0.3) is 0 Å². The van der Waals surface area contributed by atoms with Crippen molar-refractivity contribution in [3.63, 3.8) is 0 Å². The second kappa shape index (κ2) is 6.35. The number of hydrogen-bond acceptors (Lipinski definition) is 3. The van der Waals surface area contributed by atoms with Crippen LogP contribution in [0.25, 0.3) is 0 Å². The zero-order valence-electron chi connectivity index (χ0n) is 12.4. The van der Waals surface area contributed by atoms with E-state index in [1.807, 2.05) is 6.92 Å². The molecule has 0 bridgehead atoms. The van der Waals surface area contributed by atoms with Gasteiger partial charge in [-0.2, -0.15) is 0 Å². The van der Waals surface area contributed by atoms with Crippen LogP contribution in [0.15, 0.2) is 29.3 Å². The third kappa shape index (κ3) is 5.35. The molecule has 126 valence electrons. The molecule has 0 aliphatic carbocycles. The summed E-state index contributed by atoms with van der Waals surface area (Å²) in [5, 5.41) is 5.50. The third-order valence-electron chi connectivity index (χ3n) is 3.28. The van der Waals surface area contributed by atoms with E-state index in [1.54, 1.807) is 0 Å². The maximum Gasteiger partial charge on any atom is 0.573 e. The summed E-state index contributed by atoms with van der Waals surface area (Å²) in [6.07, 6.45) is -3.67. The second-order valence-electron chi connectivity index (χ2n) is 5.51. The fourth-order valence-corrected chi connectivity index (χ4v) is 2.19. The first-order valence-corrected chi connectivity index (χ1v) is 6.89. The first-order chi connectivity index (χ1) is 10.7. The van der Waals surface area contributed by atoms with Crippen LogP contribution in [0.5, 0.6) is 5.75 Å². The zero-order valence-corrected chi connectivity index (χ0v) is 12.4. The van der Waals surface area contributed by atoms with Crippen molar-refractivity contribution >= 4 is 17.6 Å². The summed E-state index contributed by atoms with van der Waals surface area (Å²) in [7, 11) is 0. The highest BCUT2D eigenvalue weighted by atomic mass is 19.4. The minimum Gasteiger partial charge on any atom is -0.406 e. The number of amides is 1. The Morgan fingerprint density at radius 1 is 1.52 bits per heavy atom. The van der Waals surface area contributed by atoms with Crippen LogP contribution >= 0.6 is 0 Å². The van der Waals surface area contributed by atoms with E-state index in [9.17, 15) is 18.0 Å². The van der Waals surface area contributed by atoms with E-state index >= 15 is 0 Å². The summed E-state index contributed by atoms with van der Waals surface area (Å²) in [6.45, 7) is 2.13. The van der Waals surface area contributed by atoms with E-state index in [-0.39, 0.29) is 24.2 Å². The van der Waals surface area contributed by atoms with Crippen LogP contribution in [0.2, 0.25) is 0 Å². The second-order valence-corrected chi connectivity index (χ2v) is 5.51. The van der Waals surface area contributed by atoms with Crippen LogP contribution in [-0.2, 0) is 4.79 Å². The molecule has 1 unspecified atom stereocenters. The smallest absolute Gasteiger partial charge is 0.406 e. The van der Waals surface area contributed by atoms with Crippen LogP contribution < -0.4 is 21.1 Å². The Balaban J connectivity index is 1.97. The summed E-state index contributed by atoms with van der Waals surface area (Å²) < 4.78 is 40.4. The van der Waals surface area contributed by atoms with Crippen molar-refractivity contribution in [1.29, 1.82) is 0 Å². The minimum atomic E-state index is -4.76. The topological polar surface area (TPSA) is 88.7 Å². The number of guanidine groups is 1. The normalized spacial score (nSPS) is 21.9. The SMILES string of the molecule is CC1(CN=C(N)Nc2cccc(OC(F)(F)F)c2)CCC(=O)N1. The van der Waals surface area contributed by atoms with E-state index in [0.717, 1.165) is 6.07 Å². The molecule has 6 nitrogen and oxygen atoms in total. The quantitative estimate of drug-likeness (QED) is 0.582. The van der Waals surface area contributed by atoms with E-state index in [2.05, 4.69) is 20.4 Å². The maximum absolute atomic E-state index is 12.2. The first kappa shape index (κ1) is 16.9. The maximum atomic E-state index is 12.2. The molecule has 9 heteroatoms. The average Bonchev–Trinajstić information content (AvgIpc) is 2.75. The van der Waals surface area contributed by atoms with Crippen molar-refractivity contribution < 1.29 is 22.7 Å². The monoisotopic (exact) mass is 330 g/mol. The van der Waals surface area contributed by atoms with Crippen LogP contribution in [-0.4, -0.2) is 30.3 Å². The number of hydrogen-bond donors (Lipinski definition) is 3. The molecule has 1 aliphatic heterocycles. The number of carbonyl (C=O) groups is 1. The fourth-order valence-electron chi connectivity index (χ4n) is 2.19. The van der Waals surface area contributed by atoms with Gasteiger partial charge in [0.1, 0.15) is 5.75 Å². The van der Waals surface area contributed by atoms with Gasteiger partial charge in [-0.15, -0.1) is 13.2 Å². The lowest BCUT2D eigenvalue weighted by atomic mass is 10.0. The Labute approximate surface area is 130 Å². The molecule has 0 aromatic heterocycles. The van der Waals surface area contributed by atoms with Crippen molar-refractivity contribution in [2.75, 3.05) is 11.9 Å². The van der Waals surface area contributed by atoms with E-state index in [0.29, 0.717) is 18.5 Å². The van der Waals surface area contributed by atoms with Gasteiger partial charge in [0.15, 0.2) is 5.96 Å². The molecule has 0 radical (unpaired) electrons. The standard InChI is InChI=1S/C14H17F3N4O2/c1-13(6-5-11(22)21-13)8-19-12(18)20-9-3-2-4-10(7-9)23-14(15,16)17/h2-4,7H,5-6,8H2,1H3,(H,21,22)(H3,18,19,20). The van der Waals surface area contributed by atoms with Gasteiger partial charge in [0.2, 0.25) is 5.91 Å². The molecule has 1 aliphatic rings. The Morgan fingerprint density at radius 2 is 2.26 bits per heavy atom. The summed E-state index contributed by atoms with van der Waals surface area (Å²) in [6, 6.07) is 5.27. The van der Waals surface area contributed by atoms with Gasteiger partial charge in [-0.05, 0) is 25.5 Å². The highest BCUT2D eigenvalue weighted by Gasteiger charge is 2.33. The van der Waals surface area contributed by atoms with Gasteiger partial charge < -0.3 is 21.1 Å². The predicted molar refractivity (Wildman–Crippen MR) is 79.0 cm³/mol. The van der Waals surface area contributed by atoms with Gasteiger partial charge in [0, 0.05) is 18.2 Å². The molecule has 0 saturated carbocycles. The number of rotatable bonds is 4. The number of halogens is 3. The van der Waals surface area contributed by atoms with Crippen molar-refractivity contribution in [3.8, 4) is 5.75 Å². The summed E-state index contributed by atoms with van der Waals surface area (Å²) >= 11 is 0. The Kier molecular flexibility index (Phi) is 4.67. The lowest BCUT2D eigenvalue weighted by molar-refractivity contribution is -0.274. The summed E-state index contributed by atoms with van der Waals surface area (Å²) in [5.41, 5.74) is 5.58. The highest BCUT2D eigenvalue weighted by molar-refractivity contribution is 5.92. The van der Waals surface area contributed by atoms with Crippen LogP contribution in [0, 0.1) is 0 Å². The Bertz CT molecular complexity index is 618. The molecular formula is C14H17F3N4O2. The molecule has 4 N–H and O–H groups in total. The Hall–Kier alpha value is -2.45. The first-order valence-electron chi connectivity index (χ1n) is 6.89. The molecule has 0 spiro atoms. The van der Waals surface area contributed by atoms with Crippen LogP contribution in [0.4, 0.5) is 18.9 Å². The molecule has 1 aromatic carbocycles. The number of nitrogens with zero attached hydrogens (tertiary/aromatic N) is 1. The van der Waals surface area contributed by atoms with Crippen molar-refractivity contribution in [3.05, 3.63) is 24.3 Å². The molecule has 1 saturated heterocycles. The van der Waals surface area contributed by atoms with Crippen LogP contribution in [0.1, 0.15) is 19.8 Å². The number of ether oxygens (including phenoxy) is 1. The van der Waals surface area contributed by atoms with Gasteiger partial charge in [-0.3, -0.25) is 9.79 Å². The predicted octanol–water partition coefficient (Wildman–Crippen LogP) is 1.98. The minimum absolute atomic E-state index is 0.0359. The number of nitrogens with one attached hydrogen (secondary N) is 2. The lowest BCUT2D eigenvalue weighted by Gasteiger charge is -2.21. The van der Waals surface area contributed by atoms with Gasteiger partial charge in [-0.1, -0.05) is 6.07 Å². The number of aliphatic imine (C=N–C) groups is 1. The van der Waals surface area contributed by atoms with Crippen LogP contribution in [0.3, 0.4) is 0 Å². The third-order valence-corrected chi connectivity index (χ3v) is 3.28. The largest absolute Gasteiger partial charge is 0.573 e. The average molecular weight is 330 g/mol. The van der Waals surface area contributed by atoms with Crippen molar-refractivity contribution in [1.82, 2.24) is 5.32 Å². The Morgan fingerprint density at radius 3 is 2.87 bits per heavy atom. The summed E-state index contributed by atoms with van der Waals surface area (Å²) in [5.74, 6) is -0.354. The molecule has 23 heavy (non-hydrogen) atoms. The summed E-state index contributed by atoms with van der Waals surface area (Å²) in [4.78, 5) is 15.4. The van der Waals surface area contributed by atoms with E-state index in [4.69, 9.17) is 5.73 Å². The number of alkyl halides is 3. The van der Waals surface area contributed by atoms with Gasteiger partial charge in [-0.25, -0.2) is 0 Å². The van der Waals surface area contributed by atoms with E-state index < -0.39 is 11.9 Å². The van der Waals surface area contributed by atoms with Crippen molar-refractivity contribution in [2.24, 2.45) is 10.7 Å². The van der Waals surface area contributed by atoms with Gasteiger partial charge in [0.05, 0.1) is 12.1 Å². The van der Waals surface area contributed by atoms with E-state index in [1.165, 1.54) is 18.2 Å². The zero-order chi connectivity index (χ0) is 17.1.